The SMILES string of the molecule is CC(C)(C)c1ccc(NC(=O)CSc2n[nH]c(Cc3cccs3)n2)cc1. The van der Waals surface area contributed by atoms with Gasteiger partial charge in [-0.2, -0.15) is 0 Å². The van der Waals surface area contributed by atoms with Crippen molar-refractivity contribution in [1.82, 2.24) is 15.2 Å². The molecular weight excluding hydrogens is 364 g/mol. The molecule has 0 aliphatic carbocycles. The van der Waals surface area contributed by atoms with E-state index < -0.39 is 0 Å². The molecule has 0 atom stereocenters. The molecule has 1 aromatic carbocycles. The molecule has 0 bridgehead atoms. The van der Waals surface area contributed by atoms with Crippen LogP contribution in [0.15, 0.2) is 46.9 Å². The molecule has 5 nitrogen and oxygen atoms in total. The van der Waals surface area contributed by atoms with Gasteiger partial charge in [0.25, 0.3) is 0 Å². The van der Waals surface area contributed by atoms with Crippen molar-refractivity contribution < 1.29 is 4.79 Å². The molecule has 2 aromatic heterocycles. The summed E-state index contributed by atoms with van der Waals surface area (Å²) in [5.74, 6) is 1.02. The lowest BCUT2D eigenvalue weighted by molar-refractivity contribution is -0.113. The highest BCUT2D eigenvalue weighted by Gasteiger charge is 2.13. The summed E-state index contributed by atoms with van der Waals surface area (Å²) in [6, 6.07) is 12.1. The predicted molar refractivity (Wildman–Crippen MR) is 108 cm³/mol. The Morgan fingerprint density at radius 2 is 2.00 bits per heavy atom. The van der Waals surface area contributed by atoms with Crippen molar-refractivity contribution in [2.24, 2.45) is 0 Å². The van der Waals surface area contributed by atoms with E-state index in [4.69, 9.17) is 0 Å². The Labute approximate surface area is 161 Å². The number of hydrogen-bond donors (Lipinski definition) is 2. The molecule has 0 radical (unpaired) electrons. The van der Waals surface area contributed by atoms with Crippen LogP contribution in [0.2, 0.25) is 0 Å². The maximum Gasteiger partial charge on any atom is 0.234 e. The van der Waals surface area contributed by atoms with Crippen LogP contribution in [-0.2, 0) is 16.6 Å². The molecule has 0 aliphatic rings. The summed E-state index contributed by atoms with van der Waals surface area (Å²) >= 11 is 3.02. The molecule has 2 heterocycles. The first kappa shape index (κ1) is 18.7. The monoisotopic (exact) mass is 386 g/mol. The Hall–Kier alpha value is -2.12. The third-order valence-corrected chi connectivity index (χ3v) is 5.52. The highest BCUT2D eigenvalue weighted by molar-refractivity contribution is 7.99. The Morgan fingerprint density at radius 3 is 2.65 bits per heavy atom. The number of amides is 1. The number of carbonyl (C=O) groups excluding carboxylic acids is 1. The fourth-order valence-electron chi connectivity index (χ4n) is 2.38. The Balaban J connectivity index is 1.49. The van der Waals surface area contributed by atoms with Crippen molar-refractivity contribution in [3.05, 3.63) is 58.0 Å². The first-order chi connectivity index (χ1) is 12.4. The van der Waals surface area contributed by atoms with Crippen LogP contribution < -0.4 is 5.32 Å². The van der Waals surface area contributed by atoms with Gasteiger partial charge in [-0.15, -0.1) is 16.4 Å². The maximum atomic E-state index is 12.1. The van der Waals surface area contributed by atoms with Crippen LogP contribution in [0.4, 0.5) is 5.69 Å². The summed E-state index contributed by atoms with van der Waals surface area (Å²) < 4.78 is 0. The molecule has 0 saturated carbocycles. The summed E-state index contributed by atoms with van der Waals surface area (Å²) in [6.07, 6.45) is 0.734. The number of rotatable bonds is 6. The lowest BCUT2D eigenvalue weighted by Crippen LogP contribution is -2.15. The fourth-order valence-corrected chi connectivity index (χ4v) is 3.71. The van der Waals surface area contributed by atoms with Gasteiger partial charge in [0.1, 0.15) is 5.82 Å². The van der Waals surface area contributed by atoms with Crippen LogP contribution in [0.5, 0.6) is 0 Å². The number of carbonyl (C=O) groups is 1. The number of nitrogens with one attached hydrogen (secondary N) is 2. The van der Waals surface area contributed by atoms with Gasteiger partial charge in [-0.1, -0.05) is 50.7 Å². The zero-order valence-corrected chi connectivity index (χ0v) is 16.7. The van der Waals surface area contributed by atoms with Crippen LogP contribution in [0.1, 0.15) is 37.0 Å². The van der Waals surface area contributed by atoms with E-state index in [1.807, 2.05) is 23.6 Å². The van der Waals surface area contributed by atoms with E-state index in [-0.39, 0.29) is 17.1 Å². The smallest absolute Gasteiger partial charge is 0.234 e. The molecule has 0 aliphatic heterocycles. The Bertz CT molecular complexity index is 849. The molecule has 0 fully saturated rings. The van der Waals surface area contributed by atoms with Crippen molar-refractivity contribution in [3.8, 4) is 0 Å². The maximum absolute atomic E-state index is 12.1. The predicted octanol–water partition coefficient (Wildman–Crippen LogP) is 4.49. The van der Waals surface area contributed by atoms with E-state index in [9.17, 15) is 4.79 Å². The topological polar surface area (TPSA) is 70.7 Å². The zero-order valence-electron chi connectivity index (χ0n) is 15.1. The van der Waals surface area contributed by atoms with Crippen LogP contribution in [0.25, 0.3) is 0 Å². The van der Waals surface area contributed by atoms with Crippen molar-refractivity contribution in [2.45, 2.75) is 37.8 Å². The van der Waals surface area contributed by atoms with E-state index in [0.717, 1.165) is 17.9 Å². The minimum atomic E-state index is -0.0666. The van der Waals surface area contributed by atoms with Crippen LogP contribution >= 0.6 is 23.1 Å². The molecule has 3 rings (SSSR count). The fraction of sp³-hybridized carbons (Fsp3) is 0.316. The minimum absolute atomic E-state index is 0.0666. The van der Waals surface area contributed by atoms with Crippen molar-refractivity contribution in [2.75, 3.05) is 11.1 Å². The van der Waals surface area contributed by atoms with Gasteiger partial charge in [0.15, 0.2) is 0 Å². The van der Waals surface area contributed by atoms with Crippen molar-refractivity contribution >= 4 is 34.7 Å². The molecule has 3 aromatic rings. The van der Waals surface area contributed by atoms with Crippen molar-refractivity contribution in [1.29, 1.82) is 0 Å². The van der Waals surface area contributed by atoms with E-state index >= 15 is 0 Å². The van der Waals surface area contributed by atoms with Crippen LogP contribution in [0, 0.1) is 0 Å². The highest BCUT2D eigenvalue weighted by Crippen LogP contribution is 2.23. The van der Waals surface area contributed by atoms with Gasteiger partial charge in [-0.3, -0.25) is 9.89 Å². The second-order valence-electron chi connectivity index (χ2n) is 6.99. The second-order valence-corrected chi connectivity index (χ2v) is 8.96. The summed E-state index contributed by atoms with van der Waals surface area (Å²) in [5.41, 5.74) is 2.14. The first-order valence-corrected chi connectivity index (χ1v) is 10.2. The number of hydrogen-bond acceptors (Lipinski definition) is 5. The molecule has 7 heteroatoms. The number of aromatic amines is 1. The molecular formula is C19H22N4OS2. The van der Waals surface area contributed by atoms with E-state index in [2.05, 4.69) is 59.5 Å². The van der Waals surface area contributed by atoms with Crippen molar-refractivity contribution in [3.63, 3.8) is 0 Å². The standard InChI is InChI=1S/C19H22N4OS2/c1-19(2,3)13-6-8-14(9-7-13)20-17(24)12-26-18-21-16(22-23-18)11-15-5-4-10-25-15/h4-10H,11-12H2,1-3H3,(H,20,24)(H,21,22,23). The third kappa shape index (κ3) is 5.19. The summed E-state index contributed by atoms with van der Waals surface area (Å²) in [4.78, 5) is 17.8. The van der Waals surface area contributed by atoms with Gasteiger partial charge >= 0.3 is 0 Å². The van der Waals surface area contributed by atoms with Gasteiger partial charge in [-0.25, -0.2) is 4.98 Å². The molecule has 0 unspecified atom stereocenters. The molecule has 26 heavy (non-hydrogen) atoms. The molecule has 136 valence electrons. The molecule has 1 amide bonds. The van der Waals surface area contributed by atoms with Gasteiger partial charge in [0, 0.05) is 17.0 Å². The zero-order chi connectivity index (χ0) is 18.6. The van der Waals surface area contributed by atoms with E-state index in [1.165, 1.54) is 22.2 Å². The average molecular weight is 387 g/mol. The van der Waals surface area contributed by atoms with Gasteiger partial charge in [0.2, 0.25) is 11.1 Å². The number of benzene rings is 1. The Morgan fingerprint density at radius 1 is 1.23 bits per heavy atom. The van der Waals surface area contributed by atoms with Gasteiger partial charge in [0.05, 0.1) is 5.75 Å². The van der Waals surface area contributed by atoms with E-state index in [1.54, 1.807) is 11.3 Å². The number of aromatic nitrogens is 3. The van der Waals surface area contributed by atoms with Crippen LogP contribution in [-0.4, -0.2) is 26.8 Å². The highest BCUT2D eigenvalue weighted by atomic mass is 32.2. The lowest BCUT2D eigenvalue weighted by atomic mass is 9.87. The summed E-state index contributed by atoms with van der Waals surface area (Å²) in [5, 5.41) is 12.6. The second kappa shape index (κ2) is 8.05. The number of thiophene rings is 1. The number of nitrogens with zero attached hydrogens (tertiary/aromatic N) is 2. The third-order valence-electron chi connectivity index (χ3n) is 3.80. The largest absolute Gasteiger partial charge is 0.325 e. The van der Waals surface area contributed by atoms with Crippen LogP contribution in [0.3, 0.4) is 0 Å². The lowest BCUT2D eigenvalue weighted by Gasteiger charge is -2.19. The average Bonchev–Trinajstić information content (AvgIpc) is 3.25. The summed E-state index contributed by atoms with van der Waals surface area (Å²) in [6.45, 7) is 6.50. The first-order valence-electron chi connectivity index (χ1n) is 8.37. The molecule has 0 saturated heterocycles. The molecule has 0 spiro atoms. The minimum Gasteiger partial charge on any atom is -0.325 e. The summed E-state index contributed by atoms with van der Waals surface area (Å²) in [7, 11) is 0. The molecule has 2 N–H and O–H groups in total. The van der Waals surface area contributed by atoms with E-state index in [0.29, 0.717) is 5.16 Å². The normalized spacial score (nSPS) is 11.5. The van der Waals surface area contributed by atoms with Gasteiger partial charge in [-0.05, 0) is 34.6 Å². The quantitative estimate of drug-likeness (QED) is 0.613. The number of anilines is 1. The van der Waals surface area contributed by atoms with Gasteiger partial charge < -0.3 is 5.32 Å². The number of H-pyrrole nitrogens is 1. The Kier molecular flexibility index (Phi) is 5.78. The number of thioether (sulfide) groups is 1.